The molecule has 3 aromatic rings. The van der Waals surface area contributed by atoms with Crippen LogP contribution in [0.15, 0.2) is 48.5 Å². The van der Waals surface area contributed by atoms with Crippen LogP contribution in [0.3, 0.4) is 0 Å². The van der Waals surface area contributed by atoms with E-state index in [0.29, 0.717) is 16.4 Å². The highest BCUT2D eigenvalue weighted by Gasteiger charge is 2.20. The van der Waals surface area contributed by atoms with Crippen LogP contribution in [0.1, 0.15) is 15.2 Å². The minimum absolute atomic E-state index is 0.116. The monoisotopic (exact) mass is 331 g/mol. The molecule has 0 aliphatic carbocycles. The fourth-order valence-corrected chi connectivity index (χ4v) is 3.83. The molecule has 5 heteroatoms. The summed E-state index contributed by atoms with van der Waals surface area (Å²) in [4.78, 5) is 14.8. The molecule has 0 atom stereocenters. The molecule has 0 radical (unpaired) electrons. The van der Waals surface area contributed by atoms with Crippen LogP contribution in [0.2, 0.25) is 5.02 Å². The second kappa shape index (κ2) is 5.99. The van der Waals surface area contributed by atoms with Crippen LogP contribution >= 0.6 is 22.9 Å². The van der Waals surface area contributed by atoms with Crippen molar-refractivity contribution in [1.29, 1.82) is 0 Å². The quantitative estimate of drug-likeness (QED) is 0.765. The minimum Gasteiger partial charge on any atom is -0.508 e. The molecule has 1 aromatic heterocycles. The van der Waals surface area contributed by atoms with E-state index in [1.807, 2.05) is 30.3 Å². The van der Waals surface area contributed by atoms with Crippen molar-refractivity contribution in [3.8, 4) is 5.75 Å². The minimum atomic E-state index is -0.116. The van der Waals surface area contributed by atoms with Crippen molar-refractivity contribution < 1.29 is 9.90 Å². The van der Waals surface area contributed by atoms with E-state index in [9.17, 15) is 9.90 Å². The molecule has 1 N–H and O–H groups in total. The number of carbonyl (C=O) groups is 1. The first-order chi connectivity index (χ1) is 10.6. The number of amides is 1. The highest BCUT2D eigenvalue weighted by molar-refractivity contribution is 7.21. The lowest BCUT2D eigenvalue weighted by Crippen LogP contribution is -2.25. The molecule has 0 unspecified atom stereocenters. The zero-order valence-electron chi connectivity index (χ0n) is 11.9. The Kier molecular flexibility index (Phi) is 4.05. The molecule has 0 saturated carbocycles. The van der Waals surface area contributed by atoms with Crippen molar-refractivity contribution in [2.75, 3.05) is 7.05 Å². The predicted molar refractivity (Wildman–Crippen MR) is 90.7 cm³/mol. The summed E-state index contributed by atoms with van der Waals surface area (Å²) in [5.74, 6) is 0.0767. The summed E-state index contributed by atoms with van der Waals surface area (Å²) in [6.07, 6.45) is 0. The summed E-state index contributed by atoms with van der Waals surface area (Å²) in [5.41, 5.74) is 0.869. The number of hydrogen-bond donors (Lipinski definition) is 1. The van der Waals surface area contributed by atoms with Gasteiger partial charge >= 0.3 is 0 Å². The Morgan fingerprint density at radius 1 is 1.23 bits per heavy atom. The van der Waals surface area contributed by atoms with E-state index in [2.05, 4.69) is 0 Å². The molecule has 1 heterocycles. The molecule has 0 bridgehead atoms. The number of thiophene rings is 1. The maximum atomic E-state index is 12.6. The molecule has 112 valence electrons. The fraction of sp³-hybridized carbons (Fsp3) is 0.118. The van der Waals surface area contributed by atoms with Crippen LogP contribution in [-0.4, -0.2) is 23.0 Å². The number of phenols is 1. The molecule has 1 amide bonds. The van der Waals surface area contributed by atoms with Gasteiger partial charge in [0.25, 0.3) is 5.91 Å². The lowest BCUT2D eigenvalue weighted by Gasteiger charge is -2.16. The Labute approximate surface area is 137 Å². The number of halogens is 1. The Morgan fingerprint density at radius 2 is 2.00 bits per heavy atom. The van der Waals surface area contributed by atoms with Crippen LogP contribution in [0.4, 0.5) is 0 Å². The Balaban J connectivity index is 1.87. The molecule has 0 saturated heterocycles. The molecule has 3 nitrogen and oxygen atoms in total. The third-order valence-electron chi connectivity index (χ3n) is 3.41. The first-order valence-electron chi connectivity index (χ1n) is 6.76. The average molecular weight is 332 g/mol. The van der Waals surface area contributed by atoms with E-state index in [1.165, 1.54) is 11.3 Å². The predicted octanol–water partition coefficient (Wildman–Crippen LogP) is 4.53. The number of hydrogen-bond acceptors (Lipinski definition) is 3. The lowest BCUT2D eigenvalue weighted by atomic mass is 10.2. The third-order valence-corrected chi connectivity index (χ3v) is 5.07. The maximum absolute atomic E-state index is 12.6. The summed E-state index contributed by atoms with van der Waals surface area (Å²) in [6, 6.07) is 14.6. The van der Waals surface area contributed by atoms with E-state index in [-0.39, 0.29) is 11.7 Å². The smallest absolute Gasteiger partial charge is 0.265 e. The van der Waals surface area contributed by atoms with Gasteiger partial charge in [-0.15, -0.1) is 11.3 Å². The van der Waals surface area contributed by atoms with Gasteiger partial charge in [-0.05, 0) is 23.8 Å². The lowest BCUT2D eigenvalue weighted by molar-refractivity contribution is 0.0790. The fourth-order valence-electron chi connectivity index (χ4n) is 2.33. The van der Waals surface area contributed by atoms with Crippen LogP contribution in [0.5, 0.6) is 5.75 Å². The average Bonchev–Trinajstić information content (AvgIpc) is 2.84. The summed E-state index contributed by atoms with van der Waals surface area (Å²) < 4.78 is 1.00. The number of phenolic OH excluding ortho intramolecular Hbond substituents is 1. The van der Waals surface area contributed by atoms with Gasteiger partial charge in [0.2, 0.25) is 0 Å². The van der Waals surface area contributed by atoms with Crippen LogP contribution in [-0.2, 0) is 6.54 Å². The molecule has 0 fully saturated rings. The molecule has 3 rings (SSSR count). The normalized spacial score (nSPS) is 10.8. The Hall–Kier alpha value is -2.04. The van der Waals surface area contributed by atoms with Crippen molar-refractivity contribution in [2.45, 2.75) is 6.54 Å². The summed E-state index contributed by atoms with van der Waals surface area (Å²) in [7, 11) is 1.73. The van der Waals surface area contributed by atoms with Crippen LogP contribution in [0, 0.1) is 0 Å². The number of fused-ring (bicyclic) bond motifs is 1. The van der Waals surface area contributed by atoms with Gasteiger partial charge in [-0.2, -0.15) is 0 Å². The highest BCUT2D eigenvalue weighted by Crippen LogP contribution is 2.35. The summed E-state index contributed by atoms with van der Waals surface area (Å²) in [5, 5.41) is 10.9. The van der Waals surface area contributed by atoms with E-state index in [4.69, 9.17) is 11.6 Å². The number of aromatic hydroxyl groups is 1. The standard InChI is InChI=1S/C17H14ClNO2S/c1-19(10-11-5-4-6-12(20)9-11)17(21)16-15(18)13-7-2-3-8-14(13)22-16/h2-9,20H,10H2,1H3. The molecule has 22 heavy (non-hydrogen) atoms. The largest absolute Gasteiger partial charge is 0.508 e. The van der Waals surface area contributed by atoms with Crippen molar-refractivity contribution in [2.24, 2.45) is 0 Å². The van der Waals surface area contributed by atoms with Gasteiger partial charge in [-0.3, -0.25) is 4.79 Å². The Bertz CT molecular complexity index is 844. The molecular formula is C17H14ClNO2S. The SMILES string of the molecule is CN(Cc1cccc(O)c1)C(=O)c1sc2ccccc2c1Cl. The zero-order valence-corrected chi connectivity index (χ0v) is 13.5. The number of benzene rings is 2. The Morgan fingerprint density at radius 3 is 2.73 bits per heavy atom. The highest BCUT2D eigenvalue weighted by atomic mass is 35.5. The second-order valence-corrected chi connectivity index (χ2v) is 6.50. The molecule has 0 spiro atoms. The van der Waals surface area contributed by atoms with Gasteiger partial charge in [0.1, 0.15) is 10.6 Å². The van der Waals surface area contributed by atoms with Gasteiger partial charge in [0.05, 0.1) is 5.02 Å². The van der Waals surface area contributed by atoms with E-state index < -0.39 is 0 Å². The topological polar surface area (TPSA) is 40.5 Å². The summed E-state index contributed by atoms with van der Waals surface area (Å²) in [6.45, 7) is 0.414. The van der Waals surface area contributed by atoms with E-state index in [0.717, 1.165) is 15.6 Å². The van der Waals surface area contributed by atoms with E-state index in [1.54, 1.807) is 30.1 Å². The van der Waals surface area contributed by atoms with E-state index >= 15 is 0 Å². The number of nitrogens with zero attached hydrogens (tertiary/aromatic N) is 1. The van der Waals surface area contributed by atoms with Gasteiger partial charge in [-0.25, -0.2) is 0 Å². The van der Waals surface area contributed by atoms with Crippen molar-refractivity contribution in [1.82, 2.24) is 4.90 Å². The van der Waals surface area contributed by atoms with Gasteiger partial charge in [0.15, 0.2) is 0 Å². The number of rotatable bonds is 3. The zero-order chi connectivity index (χ0) is 15.7. The van der Waals surface area contributed by atoms with Crippen molar-refractivity contribution >= 4 is 38.9 Å². The van der Waals surface area contributed by atoms with Gasteiger partial charge < -0.3 is 10.0 Å². The third kappa shape index (κ3) is 2.80. The van der Waals surface area contributed by atoms with Gasteiger partial charge in [-0.1, -0.05) is 41.9 Å². The maximum Gasteiger partial charge on any atom is 0.265 e. The molecule has 2 aromatic carbocycles. The van der Waals surface area contributed by atoms with Gasteiger partial charge in [0, 0.05) is 23.7 Å². The number of carbonyl (C=O) groups excluding carboxylic acids is 1. The summed E-state index contributed by atoms with van der Waals surface area (Å²) >= 11 is 7.75. The van der Waals surface area contributed by atoms with Crippen LogP contribution in [0.25, 0.3) is 10.1 Å². The first-order valence-corrected chi connectivity index (χ1v) is 7.96. The second-order valence-electron chi connectivity index (χ2n) is 5.07. The van der Waals surface area contributed by atoms with Crippen LogP contribution < -0.4 is 0 Å². The molecule has 0 aliphatic rings. The van der Waals surface area contributed by atoms with Crippen molar-refractivity contribution in [3.05, 3.63) is 64.0 Å². The first kappa shape index (κ1) is 14.9. The molecular weight excluding hydrogens is 318 g/mol. The molecule has 0 aliphatic heterocycles. The van der Waals surface area contributed by atoms with Crippen molar-refractivity contribution in [3.63, 3.8) is 0 Å².